The van der Waals surface area contributed by atoms with E-state index in [1.807, 2.05) is 7.05 Å². The first kappa shape index (κ1) is 12.9. The molecule has 18 heavy (non-hydrogen) atoms. The Balaban J connectivity index is 1.88. The van der Waals surface area contributed by atoms with Crippen LogP contribution < -0.4 is 10.1 Å². The van der Waals surface area contributed by atoms with Gasteiger partial charge in [0.1, 0.15) is 5.75 Å². The van der Waals surface area contributed by atoms with Crippen molar-refractivity contribution in [1.29, 1.82) is 0 Å². The average Bonchev–Trinajstić information content (AvgIpc) is 2.43. The lowest BCUT2D eigenvalue weighted by Gasteiger charge is -2.09. The predicted octanol–water partition coefficient (Wildman–Crippen LogP) is 3.61. The second-order valence-electron chi connectivity index (χ2n) is 4.49. The number of rotatable bonds is 7. The maximum Gasteiger partial charge on any atom is 0.127 e. The molecule has 0 aliphatic rings. The van der Waals surface area contributed by atoms with Gasteiger partial charge in [0.05, 0.1) is 6.61 Å². The van der Waals surface area contributed by atoms with Gasteiger partial charge in [0.2, 0.25) is 0 Å². The molecule has 0 amide bonds. The summed E-state index contributed by atoms with van der Waals surface area (Å²) in [6.07, 6.45) is 3.55. The summed E-state index contributed by atoms with van der Waals surface area (Å²) >= 11 is 0. The molecule has 0 saturated carbocycles. The molecule has 0 saturated heterocycles. The molecule has 0 unspecified atom stereocenters. The topological polar surface area (TPSA) is 21.3 Å². The van der Waals surface area contributed by atoms with E-state index in [4.69, 9.17) is 4.74 Å². The molecule has 0 heterocycles. The largest absolute Gasteiger partial charge is 0.493 e. The zero-order valence-electron chi connectivity index (χ0n) is 11.0. The van der Waals surface area contributed by atoms with Gasteiger partial charge in [-0.05, 0) is 44.3 Å². The molecule has 0 aromatic heterocycles. The highest BCUT2D eigenvalue weighted by Gasteiger charge is 2.00. The van der Waals surface area contributed by atoms with Gasteiger partial charge in [-0.1, -0.05) is 36.4 Å². The van der Waals surface area contributed by atoms with E-state index in [1.54, 1.807) is 0 Å². The molecule has 2 heteroatoms. The maximum absolute atomic E-state index is 5.88. The van der Waals surface area contributed by atoms with Gasteiger partial charge in [-0.15, -0.1) is 0 Å². The minimum atomic E-state index is 0.803. The van der Waals surface area contributed by atoms with Gasteiger partial charge in [-0.25, -0.2) is 0 Å². The molecule has 2 rings (SSSR count). The van der Waals surface area contributed by atoms with Crippen molar-refractivity contribution < 1.29 is 4.74 Å². The number of fused-ring (bicyclic) bond motifs is 1. The van der Waals surface area contributed by atoms with E-state index in [-0.39, 0.29) is 0 Å². The molecule has 0 aliphatic heterocycles. The second kappa shape index (κ2) is 7.02. The van der Waals surface area contributed by atoms with Crippen molar-refractivity contribution in [2.75, 3.05) is 20.2 Å². The molecular formula is C16H21NO. The minimum Gasteiger partial charge on any atom is -0.493 e. The van der Waals surface area contributed by atoms with Crippen molar-refractivity contribution in [2.24, 2.45) is 0 Å². The fourth-order valence-corrected chi connectivity index (χ4v) is 2.08. The number of benzene rings is 2. The van der Waals surface area contributed by atoms with Gasteiger partial charge in [0.25, 0.3) is 0 Å². The zero-order valence-corrected chi connectivity index (χ0v) is 11.0. The van der Waals surface area contributed by atoms with Crippen LogP contribution in [0.2, 0.25) is 0 Å². The van der Waals surface area contributed by atoms with Crippen LogP contribution in [0.1, 0.15) is 19.3 Å². The standard InChI is InChI=1S/C16H21NO/c1-17-12-5-2-6-13-18-16-11-7-9-14-8-3-4-10-15(14)16/h3-4,7-11,17H,2,5-6,12-13H2,1H3. The maximum atomic E-state index is 5.88. The van der Waals surface area contributed by atoms with Gasteiger partial charge >= 0.3 is 0 Å². The molecule has 0 radical (unpaired) electrons. The Morgan fingerprint density at radius 2 is 1.78 bits per heavy atom. The van der Waals surface area contributed by atoms with Crippen molar-refractivity contribution >= 4 is 10.8 Å². The SMILES string of the molecule is CNCCCCCOc1cccc2ccccc12. The third-order valence-corrected chi connectivity index (χ3v) is 3.08. The van der Waals surface area contributed by atoms with Crippen LogP contribution in [0, 0.1) is 0 Å². The fourth-order valence-electron chi connectivity index (χ4n) is 2.08. The summed E-state index contributed by atoms with van der Waals surface area (Å²) in [4.78, 5) is 0. The highest BCUT2D eigenvalue weighted by atomic mass is 16.5. The normalized spacial score (nSPS) is 10.7. The number of unbranched alkanes of at least 4 members (excludes halogenated alkanes) is 2. The van der Waals surface area contributed by atoms with Gasteiger partial charge in [-0.3, -0.25) is 0 Å². The molecule has 0 spiro atoms. The van der Waals surface area contributed by atoms with Crippen LogP contribution in [-0.2, 0) is 0 Å². The van der Waals surface area contributed by atoms with Crippen LogP contribution in [0.15, 0.2) is 42.5 Å². The first-order valence-electron chi connectivity index (χ1n) is 6.67. The van der Waals surface area contributed by atoms with Crippen molar-refractivity contribution in [2.45, 2.75) is 19.3 Å². The summed E-state index contributed by atoms with van der Waals surface area (Å²) in [5.41, 5.74) is 0. The Hall–Kier alpha value is -1.54. The third-order valence-electron chi connectivity index (χ3n) is 3.08. The Labute approximate surface area is 109 Å². The van der Waals surface area contributed by atoms with Crippen LogP contribution in [0.3, 0.4) is 0 Å². The van der Waals surface area contributed by atoms with Crippen LogP contribution in [-0.4, -0.2) is 20.2 Å². The molecular weight excluding hydrogens is 222 g/mol. The predicted molar refractivity (Wildman–Crippen MR) is 77.2 cm³/mol. The Morgan fingerprint density at radius 1 is 0.944 bits per heavy atom. The second-order valence-corrected chi connectivity index (χ2v) is 4.49. The van der Waals surface area contributed by atoms with Crippen molar-refractivity contribution in [1.82, 2.24) is 5.32 Å². The summed E-state index contributed by atoms with van der Waals surface area (Å²) in [7, 11) is 1.99. The van der Waals surface area contributed by atoms with Crippen LogP contribution in [0.4, 0.5) is 0 Å². The Morgan fingerprint density at radius 3 is 2.67 bits per heavy atom. The van der Waals surface area contributed by atoms with E-state index in [2.05, 4.69) is 47.8 Å². The fraction of sp³-hybridized carbons (Fsp3) is 0.375. The summed E-state index contributed by atoms with van der Waals surface area (Å²) < 4.78 is 5.88. The quantitative estimate of drug-likeness (QED) is 0.750. The molecule has 1 N–H and O–H groups in total. The molecule has 2 nitrogen and oxygen atoms in total. The van der Waals surface area contributed by atoms with Gasteiger partial charge < -0.3 is 10.1 Å². The van der Waals surface area contributed by atoms with Gasteiger partial charge in [0.15, 0.2) is 0 Å². The van der Waals surface area contributed by atoms with Crippen LogP contribution in [0.25, 0.3) is 10.8 Å². The van der Waals surface area contributed by atoms with Crippen molar-refractivity contribution in [3.63, 3.8) is 0 Å². The molecule has 2 aromatic carbocycles. The molecule has 0 atom stereocenters. The van der Waals surface area contributed by atoms with E-state index >= 15 is 0 Å². The first-order chi connectivity index (χ1) is 8.92. The van der Waals surface area contributed by atoms with Crippen molar-refractivity contribution in [3.05, 3.63) is 42.5 Å². The molecule has 0 aliphatic carbocycles. The Kier molecular flexibility index (Phi) is 5.03. The summed E-state index contributed by atoms with van der Waals surface area (Å²) in [6.45, 7) is 1.89. The number of hydrogen-bond donors (Lipinski definition) is 1. The van der Waals surface area contributed by atoms with E-state index in [0.717, 1.165) is 25.3 Å². The van der Waals surface area contributed by atoms with Gasteiger partial charge in [0, 0.05) is 5.39 Å². The van der Waals surface area contributed by atoms with Crippen LogP contribution in [0.5, 0.6) is 5.75 Å². The zero-order chi connectivity index (χ0) is 12.6. The summed E-state index contributed by atoms with van der Waals surface area (Å²) in [5, 5.41) is 5.60. The highest BCUT2D eigenvalue weighted by Crippen LogP contribution is 2.25. The molecule has 0 fully saturated rings. The lowest BCUT2D eigenvalue weighted by atomic mass is 10.1. The molecule has 2 aromatic rings. The molecule has 0 bridgehead atoms. The highest BCUT2D eigenvalue weighted by molar-refractivity contribution is 5.88. The van der Waals surface area contributed by atoms with Crippen molar-refractivity contribution in [3.8, 4) is 5.75 Å². The van der Waals surface area contributed by atoms with E-state index in [0.29, 0.717) is 0 Å². The lowest BCUT2D eigenvalue weighted by Crippen LogP contribution is -2.07. The third kappa shape index (κ3) is 3.47. The monoisotopic (exact) mass is 243 g/mol. The van der Waals surface area contributed by atoms with E-state index in [1.165, 1.54) is 23.6 Å². The average molecular weight is 243 g/mol. The lowest BCUT2D eigenvalue weighted by molar-refractivity contribution is 0.308. The molecule has 96 valence electrons. The van der Waals surface area contributed by atoms with Crippen LogP contribution >= 0.6 is 0 Å². The Bertz CT molecular complexity index is 476. The smallest absolute Gasteiger partial charge is 0.127 e. The number of hydrogen-bond acceptors (Lipinski definition) is 2. The minimum absolute atomic E-state index is 0.803. The van der Waals surface area contributed by atoms with E-state index < -0.39 is 0 Å². The van der Waals surface area contributed by atoms with Gasteiger partial charge in [-0.2, -0.15) is 0 Å². The number of nitrogens with one attached hydrogen (secondary N) is 1. The summed E-state index contributed by atoms with van der Waals surface area (Å²) in [5.74, 6) is 1.00. The summed E-state index contributed by atoms with van der Waals surface area (Å²) in [6, 6.07) is 14.6. The van der Waals surface area contributed by atoms with E-state index in [9.17, 15) is 0 Å². The first-order valence-corrected chi connectivity index (χ1v) is 6.67. The number of ether oxygens (including phenoxy) is 1.